The molecule has 1 aromatic carbocycles. The summed E-state index contributed by atoms with van der Waals surface area (Å²) in [4.78, 5) is 11.8. The van der Waals surface area contributed by atoms with Gasteiger partial charge in [0.2, 0.25) is 12.7 Å². The molecule has 0 atom stereocenters. The zero-order chi connectivity index (χ0) is 14.0. The van der Waals surface area contributed by atoms with Crippen LogP contribution in [-0.4, -0.2) is 24.8 Å². The van der Waals surface area contributed by atoms with Gasteiger partial charge in [-0.2, -0.15) is 0 Å². The summed E-state index contributed by atoms with van der Waals surface area (Å²) in [5, 5.41) is 6.27. The van der Waals surface area contributed by atoms with E-state index in [-0.39, 0.29) is 24.8 Å². The Bertz CT molecular complexity index is 497. The number of carbonyl (C=O) groups is 1. The van der Waals surface area contributed by atoms with Gasteiger partial charge in [0.1, 0.15) is 0 Å². The zero-order valence-electron chi connectivity index (χ0n) is 11.2. The molecule has 0 unspecified atom stereocenters. The molecule has 0 aliphatic carbocycles. The van der Waals surface area contributed by atoms with Crippen LogP contribution in [-0.2, 0) is 4.79 Å². The SMILES string of the molecule is CC(C)(C)NCC(=O)Nc1cc2c(cc1Cl)OCO2. The van der Waals surface area contributed by atoms with E-state index in [0.29, 0.717) is 22.2 Å². The maximum Gasteiger partial charge on any atom is 0.238 e. The van der Waals surface area contributed by atoms with E-state index in [4.69, 9.17) is 21.1 Å². The maximum atomic E-state index is 11.8. The van der Waals surface area contributed by atoms with Crippen LogP contribution in [0.4, 0.5) is 5.69 Å². The highest BCUT2D eigenvalue weighted by molar-refractivity contribution is 6.34. The molecule has 1 aromatic rings. The van der Waals surface area contributed by atoms with Crippen molar-refractivity contribution in [3.05, 3.63) is 17.2 Å². The van der Waals surface area contributed by atoms with E-state index in [9.17, 15) is 4.79 Å². The van der Waals surface area contributed by atoms with E-state index in [2.05, 4.69) is 10.6 Å². The van der Waals surface area contributed by atoms with E-state index < -0.39 is 0 Å². The second-order valence-electron chi connectivity index (χ2n) is 5.34. The van der Waals surface area contributed by atoms with Gasteiger partial charge in [-0.3, -0.25) is 4.79 Å². The van der Waals surface area contributed by atoms with E-state index in [1.807, 2.05) is 20.8 Å². The Morgan fingerprint density at radius 3 is 2.58 bits per heavy atom. The lowest BCUT2D eigenvalue weighted by Crippen LogP contribution is -2.41. The van der Waals surface area contributed by atoms with Gasteiger partial charge in [-0.05, 0) is 20.8 Å². The average Bonchev–Trinajstić information content (AvgIpc) is 2.73. The van der Waals surface area contributed by atoms with E-state index in [1.54, 1.807) is 12.1 Å². The molecule has 1 aliphatic rings. The molecule has 2 rings (SSSR count). The second-order valence-corrected chi connectivity index (χ2v) is 5.74. The van der Waals surface area contributed by atoms with E-state index in [1.165, 1.54) is 0 Å². The summed E-state index contributed by atoms with van der Waals surface area (Å²) >= 11 is 6.07. The van der Waals surface area contributed by atoms with Gasteiger partial charge in [0, 0.05) is 17.7 Å². The van der Waals surface area contributed by atoms with Gasteiger partial charge in [-0.25, -0.2) is 0 Å². The molecule has 0 saturated carbocycles. The molecule has 0 saturated heterocycles. The van der Waals surface area contributed by atoms with Crippen LogP contribution >= 0.6 is 11.6 Å². The third-order valence-corrected chi connectivity index (χ3v) is 2.83. The predicted molar refractivity (Wildman–Crippen MR) is 74.0 cm³/mol. The summed E-state index contributed by atoms with van der Waals surface area (Å²) in [6.45, 7) is 6.37. The first-order chi connectivity index (χ1) is 8.85. The van der Waals surface area contributed by atoms with Gasteiger partial charge in [0.15, 0.2) is 11.5 Å². The molecular weight excluding hydrogens is 268 g/mol. The van der Waals surface area contributed by atoms with Crippen molar-refractivity contribution in [1.29, 1.82) is 0 Å². The summed E-state index contributed by atoms with van der Waals surface area (Å²) in [6.07, 6.45) is 0. The number of ether oxygens (including phenoxy) is 2. The highest BCUT2D eigenvalue weighted by Gasteiger charge is 2.18. The van der Waals surface area contributed by atoms with Crippen molar-refractivity contribution >= 4 is 23.2 Å². The topological polar surface area (TPSA) is 59.6 Å². The van der Waals surface area contributed by atoms with Crippen LogP contribution < -0.4 is 20.1 Å². The second kappa shape index (κ2) is 5.27. The van der Waals surface area contributed by atoms with Gasteiger partial charge in [-0.1, -0.05) is 11.6 Å². The monoisotopic (exact) mass is 284 g/mol. The van der Waals surface area contributed by atoms with Gasteiger partial charge in [-0.15, -0.1) is 0 Å². The number of anilines is 1. The Kier molecular flexibility index (Phi) is 3.87. The molecule has 0 spiro atoms. The van der Waals surface area contributed by atoms with Crippen molar-refractivity contribution in [3.8, 4) is 11.5 Å². The molecule has 0 bridgehead atoms. The van der Waals surface area contributed by atoms with Crippen LogP contribution in [0.5, 0.6) is 11.5 Å². The van der Waals surface area contributed by atoms with Gasteiger partial charge < -0.3 is 20.1 Å². The van der Waals surface area contributed by atoms with Crippen molar-refractivity contribution in [3.63, 3.8) is 0 Å². The number of hydrogen-bond donors (Lipinski definition) is 2. The molecule has 0 fully saturated rings. The lowest BCUT2D eigenvalue weighted by Gasteiger charge is -2.20. The number of amides is 1. The predicted octanol–water partition coefficient (Wildman–Crippen LogP) is 2.40. The van der Waals surface area contributed by atoms with Crippen LogP contribution in [0.15, 0.2) is 12.1 Å². The Labute approximate surface area is 117 Å². The molecule has 0 aromatic heterocycles. The Morgan fingerprint density at radius 1 is 1.32 bits per heavy atom. The quantitative estimate of drug-likeness (QED) is 0.895. The fraction of sp³-hybridized carbons (Fsp3) is 0.462. The third-order valence-electron chi connectivity index (χ3n) is 2.52. The molecule has 0 radical (unpaired) electrons. The summed E-state index contributed by atoms with van der Waals surface area (Å²) < 4.78 is 10.4. The average molecular weight is 285 g/mol. The van der Waals surface area contributed by atoms with E-state index in [0.717, 1.165) is 0 Å². The number of rotatable bonds is 3. The summed E-state index contributed by atoms with van der Waals surface area (Å²) in [6, 6.07) is 3.30. The Balaban J connectivity index is 2.01. The van der Waals surface area contributed by atoms with Crippen LogP contribution in [0, 0.1) is 0 Å². The van der Waals surface area contributed by atoms with Gasteiger partial charge >= 0.3 is 0 Å². The first-order valence-electron chi connectivity index (χ1n) is 5.99. The molecule has 1 aliphatic heterocycles. The Hall–Kier alpha value is -1.46. The summed E-state index contributed by atoms with van der Waals surface area (Å²) in [7, 11) is 0. The smallest absolute Gasteiger partial charge is 0.238 e. The van der Waals surface area contributed by atoms with Crippen molar-refractivity contribution in [2.75, 3.05) is 18.7 Å². The van der Waals surface area contributed by atoms with Crippen molar-refractivity contribution in [2.24, 2.45) is 0 Å². The standard InChI is InChI=1S/C13H17ClN2O3/c1-13(2,3)15-6-12(17)16-9-5-11-10(4-8(9)14)18-7-19-11/h4-5,15H,6-7H2,1-3H3,(H,16,17). The molecule has 104 valence electrons. The molecule has 19 heavy (non-hydrogen) atoms. The lowest BCUT2D eigenvalue weighted by molar-refractivity contribution is -0.115. The minimum atomic E-state index is -0.157. The minimum Gasteiger partial charge on any atom is -0.454 e. The normalized spacial score (nSPS) is 13.5. The molecule has 1 amide bonds. The fourth-order valence-corrected chi connectivity index (χ4v) is 1.75. The summed E-state index contributed by atoms with van der Waals surface area (Å²) in [5.74, 6) is 1.02. The molecular formula is C13H17ClN2O3. The van der Waals surface area contributed by atoms with Crippen molar-refractivity contribution < 1.29 is 14.3 Å². The number of hydrogen-bond acceptors (Lipinski definition) is 4. The first-order valence-corrected chi connectivity index (χ1v) is 6.37. The summed E-state index contributed by atoms with van der Waals surface area (Å²) in [5.41, 5.74) is 0.405. The highest BCUT2D eigenvalue weighted by atomic mass is 35.5. The van der Waals surface area contributed by atoms with E-state index >= 15 is 0 Å². The van der Waals surface area contributed by atoms with Gasteiger partial charge in [0.25, 0.3) is 0 Å². The van der Waals surface area contributed by atoms with Crippen molar-refractivity contribution in [1.82, 2.24) is 5.32 Å². The van der Waals surface area contributed by atoms with Gasteiger partial charge in [0.05, 0.1) is 17.3 Å². The fourth-order valence-electron chi connectivity index (χ4n) is 1.55. The molecule has 5 nitrogen and oxygen atoms in total. The third kappa shape index (κ3) is 3.75. The molecule has 2 N–H and O–H groups in total. The maximum absolute atomic E-state index is 11.8. The number of fused-ring (bicyclic) bond motifs is 1. The molecule has 6 heteroatoms. The van der Waals surface area contributed by atoms with Crippen LogP contribution in [0.2, 0.25) is 5.02 Å². The Morgan fingerprint density at radius 2 is 1.95 bits per heavy atom. The van der Waals surface area contributed by atoms with Crippen molar-refractivity contribution in [2.45, 2.75) is 26.3 Å². The van der Waals surface area contributed by atoms with Crippen LogP contribution in [0.25, 0.3) is 0 Å². The van der Waals surface area contributed by atoms with Crippen LogP contribution in [0.3, 0.4) is 0 Å². The lowest BCUT2D eigenvalue weighted by atomic mass is 10.1. The number of carbonyl (C=O) groups excluding carboxylic acids is 1. The number of nitrogens with one attached hydrogen (secondary N) is 2. The zero-order valence-corrected chi connectivity index (χ0v) is 11.9. The highest BCUT2D eigenvalue weighted by Crippen LogP contribution is 2.39. The number of benzene rings is 1. The first kappa shape index (κ1) is 14.0. The largest absolute Gasteiger partial charge is 0.454 e. The van der Waals surface area contributed by atoms with Crippen LogP contribution in [0.1, 0.15) is 20.8 Å². The molecule has 1 heterocycles. The number of halogens is 1. The minimum absolute atomic E-state index is 0.115.